The van der Waals surface area contributed by atoms with Crippen LogP contribution in [-0.4, -0.2) is 16.8 Å². The third-order valence-corrected chi connectivity index (χ3v) is 3.43. The molecule has 0 aliphatic carbocycles. The second-order valence-electron chi connectivity index (χ2n) is 4.36. The molecule has 0 spiro atoms. The van der Waals surface area contributed by atoms with Crippen LogP contribution in [-0.2, 0) is 6.42 Å². The lowest BCUT2D eigenvalue weighted by Gasteiger charge is -2.06. The molecule has 1 heterocycles. The third-order valence-electron chi connectivity index (χ3n) is 2.63. The number of aromatic nitrogens is 1. The number of aryl methyl sites for hydroxylation is 2. The molecule has 0 saturated heterocycles. The largest absolute Gasteiger partial charge is 0.352 e. The predicted molar refractivity (Wildman–Crippen MR) is 74.1 cm³/mol. The third kappa shape index (κ3) is 3.40. The van der Waals surface area contributed by atoms with Crippen LogP contribution in [0.5, 0.6) is 0 Å². The smallest absolute Gasteiger partial charge is 0.251 e. The van der Waals surface area contributed by atoms with E-state index in [1.54, 1.807) is 6.20 Å². The van der Waals surface area contributed by atoms with E-state index in [0.717, 1.165) is 23.1 Å². The number of rotatable bonds is 4. The van der Waals surface area contributed by atoms with E-state index in [9.17, 15) is 4.79 Å². The summed E-state index contributed by atoms with van der Waals surface area (Å²) in [7, 11) is 0. The molecule has 2 aromatic rings. The van der Waals surface area contributed by atoms with E-state index >= 15 is 0 Å². The van der Waals surface area contributed by atoms with E-state index in [1.807, 2.05) is 32.0 Å². The van der Waals surface area contributed by atoms with Crippen LogP contribution in [0.1, 0.15) is 26.4 Å². The number of carbonyl (C=O) groups is 1. The zero-order chi connectivity index (χ0) is 13.0. The Morgan fingerprint density at radius 3 is 2.61 bits per heavy atom. The Hall–Kier alpha value is -1.68. The Morgan fingerprint density at radius 2 is 2.00 bits per heavy atom. The molecule has 0 radical (unpaired) electrons. The van der Waals surface area contributed by atoms with Crippen LogP contribution in [0.15, 0.2) is 30.5 Å². The van der Waals surface area contributed by atoms with Gasteiger partial charge in [-0.1, -0.05) is 17.2 Å². The van der Waals surface area contributed by atoms with Crippen LogP contribution in [0.2, 0.25) is 0 Å². The van der Waals surface area contributed by atoms with E-state index in [0.29, 0.717) is 6.54 Å². The number of benzene rings is 1. The highest BCUT2D eigenvalue weighted by Gasteiger charge is 2.06. The molecule has 1 N–H and O–H groups in total. The number of nitrogens with one attached hydrogen (secondary N) is 1. The van der Waals surface area contributed by atoms with Crippen molar-refractivity contribution in [2.45, 2.75) is 20.3 Å². The first-order chi connectivity index (χ1) is 8.65. The topological polar surface area (TPSA) is 42.0 Å². The molecule has 0 fully saturated rings. The van der Waals surface area contributed by atoms with Crippen LogP contribution in [0.25, 0.3) is 0 Å². The van der Waals surface area contributed by atoms with Gasteiger partial charge in [0, 0.05) is 29.6 Å². The van der Waals surface area contributed by atoms with Gasteiger partial charge in [0.05, 0.1) is 0 Å². The molecule has 3 nitrogen and oxygen atoms in total. The fraction of sp³-hybridized carbons (Fsp3) is 0.286. The van der Waals surface area contributed by atoms with Gasteiger partial charge < -0.3 is 5.32 Å². The fourth-order valence-corrected chi connectivity index (χ4v) is 2.45. The van der Waals surface area contributed by atoms with Crippen molar-refractivity contribution < 1.29 is 4.79 Å². The van der Waals surface area contributed by atoms with Gasteiger partial charge in [-0.2, -0.15) is 0 Å². The van der Waals surface area contributed by atoms with Crippen LogP contribution in [0.4, 0.5) is 0 Å². The number of hydrogen-bond donors (Lipinski definition) is 1. The van der Waals surface area contributed by atoms with Crippen molar-refractivity contribution in [3.05, 3.63) is 52.0 Å². The molecule has 0 atom stereocenters. The molecule has 4 heteroatoms. The summed E-state index contributed by atoms with van der Waals surface area (Å²) in [6, 6.07) is 7.87. The molecule has 18 heavy (non-hydrogen) atoms. The standard InChI is InChI=1S/C14H16N2OS/c1-10-7-11(2)9-12(8-10)14(17)15-5-3-13-4-6-16-18-13/h4,6-9H,3,5H2,1-2H3,(H,15,17). The van der Waals surface area contributed by atoms with Gasteiger partial charge in [0.25, 0.3) is 5.91 Å². The van der Waals surface area contributed by atoms with Gasteiger partial charge in [0.2, 0.25) is 0 Å². The first-order valence-electron chi connectivity index (χ1n) is 5.91. The highest BCUT2D eigenvalue weighted by molar-refractivity contribution is 7.05. The maximum atomic E-state index is 12.0. The number of carbonyl (C=O) groups excluding carboxylic acids is 1. The lowest BCUT2D eigenvalue weighted by Crippen LogP contribution is -2.25. The molecule has 0 bridgehead atoms. The summed E-state index contributed by atoms with van der Waals surface area (Å²) in [5, 5.41) is 2.93. The molecule has 0 saturated carbocycles. The first-order valence-corrected chi connectivity index (χ1v) is 6.68. The van der Waals surface area contributed by atoms with E-state index in [-0.39, 0.29) is 5.91 Å². The molecule has 1 aromatic heterocycles. The first kappa shape index (κ1) is 12.8. The summed E-state index contributed by atoms with van der Waals surface area (Å²) in [5.41, 5.74) is 2.96. The molecule has 1 amide bonds. The van der Waals surface area contributed by atoms with E-state index in [2.05, 4.69) is 15.8 Å². The SMILES string of the molecule is Cc1cc(C)cc(C(=O)NCCc2ccns2)c1. The van der Waals surface area contributed by atoms with Crippen LogP contribution < -0.4 is 5.32 Å². The highest BCUT2D eigenvalue weighted by atomic mass is 32.1. The van der Waals surface area contributed by atoms with Crippen molar-refractivity contribution in [1.82, 2.24) is 9.69 Å². The van der Waals surface area contributed by atoms with Crippen molar-refractivity contribution in [1.29, 1.82) is 0 Å². The maximum absolute atomic E-state index is 12.0. The van der Waals surface area contributed by atoms with E-state index in [1.165, 1.54) is 16.4 Å². The van der Waals surface area contributed by atoms with Crippen molar-refractivity contribution in [2.24, 2.45) is 0 Å². The van der Waals surface area contributed by atoms with Crippen molar-refractivity contribution >= 4 is 17.4 Å². The summed E-state index contributed by atoms with van der Waals surface area (Å²) >= 11 is 1.47. The van der Waals surface area contributed by atoms with Crippen LogP contribution in [0, 0.1) is 13.8 Å². The molecule has 0 unspecified atom stereocenters. The molecular formula is C14H16N2OS. The minimum Gasteiger partial charge on any atom is -0.352 e. The average molecular weight is 260 g/mol. The normalized spacial score (nSPS) is 10.3. The fourth-order valence-electron chi connectivity index (χ4n) is 1.88. The van der Waals surface area contributed by atoms with Crippen molar-refractivity contribution in [3.8, 4) is 0 Å². The lowest BCUT2D eigenvalue weighted by molar-refractivity contribution is 0.0954. The monoisotopic (exact) mass is 260 g/mol. The Morgan fingerprint density at radius 1 is 1.28 bits per heavy atom. The van der Waals surface area contributed by atoms with Gasteiger partial charge in [0.1, 0.15) is 0 Å². The number of amides is 1. The Kier molecular flexibility index (Phi) is 4.10. The lowest BCUT2D eigenvalue weighted by atomic mass is 10.1. The predicted octanol–water partition coefficient (Wildman–Crippen LogP) is 2.73. The summed E-state index contributed by atoms with van der Waals surface area (Å²) in [6.45, 7) is 4.65. The Balaban J connectivity index is 1.91. The summed E-state index contributed by atoms with van der Waals surface area (Å²) in [5.74, 6) is -0.00804. The maximum Gasteiger partial charge on any atom is 0.251 e. The van der Waals surface area contributed by atoms with Gasteiger partial charge in [0.15, 0.2) is 0 Å². The number of hydrogen-bond acceptors (Lipinski definition) is 3. The van der Waals surface area contributed by atoms with Crippen molar-refractivity contribution in [2.75, 3.05) is 6.54 Å². The van der Waals surface area contributed by atoms with Gasteiger partial charge >= 0.3 is 0 Å². The average Bonchev–Trinajstić information content (AvgIpc) is 2.80. The molecule has 1 aromatic carbocycles. The minimum atomic E-state index is -0.00804. The van der Waals surface area contributed by atoms with E-state index in [4.69, 9.17) is 0 Å². The minimum absolute atomic E-state index is 0.00804. The summed E-state index contributed by atoms with van der Waals surface area (Å²) in [6.07, 6.45) is 2.62. The molecule has 0 aliphatic rings. The number of nitrogens with zero attached hydrogens (tertiary/aromatic N) is 1. The quantitative estimate of drug-likeness (QED) is 0.918. The molecular weight excluding hydrogens is 244 g/mol. The van der Waals surface area contributed by atoms with Gasteiger partial charge in [-0.25, -0.2) is 4.37 Å². The van der Waals surface area contributed by atoms with Crippen LogP contribution >= 0.6 is 11.5 Å². The Labute approximate surface area is 111 Å². The van der Waals surface area contributed by atoms with Crippen LogP contribution in [0.3, 0.4) is 0 Å². The zero-order valence-corrected chi connectivity index (χ0v) is 11.4. The summed E-state index contributed by atoms with van der Waals surface area (Å²) in [4.78, 5) is 13.1. The van der Waals surface area contributed by atoms with Gasteiger partial charge in [-0.3, -0.25) is 4.79 Å². The second-order valence-corrected chi connectivity index (χ2v) is 5.28. The molecule has 0 aliphatic heterocycles. The van der Waals surface area contributed by atoms with Gasteiger partial charge in [-0.05, 0) is 43.6 Å². The second kappa shape index (κ2) is 5.78. The van der Waals surface area contributed by atoms with Crippen molar-refractivity contribution in [3.63, 3.8) is 0 Å². The zero-order valence-electron chi connectivity index (χ0n) is 10.6. The van der Waals surface area contributed by atoms with Gasteiger partial charge in [-0.15, -0.1) is 0 Å². The van der Waals surface area contributed by atoms with E-state index < -0.39 is 0 Å². The highest BCUT2D eigenvalue weighted by Crippen LogP contribution is 2.09. The Bertz CT molecular complexity index is 514. The summed E-state index contributed by atoms with van der Waals surface area (Å²) < 4.78 is 4.03. The molecule has 2 rings (SSSR count). The molecule has 94 valence electrons.